The van der Waals surface area contributed by atoms with Gasteiger partial charge in [0.15, 0.2) is 5.78 Å². The highest BCUT2D eigenvalue weighted by atomic mass is 28.1. The van der Waals surface area contributed by atoms with E-state index in [0.717, 1.165) is 0 Å². The predicted octanol–water partition coefficient (Wildman–Crippen LogP) is -0.0301. The highest BCUT2D eigenvalue weighted by molar-refractivity contribution is 6.62. The van der Waals surface area contributed by atoms with Crippen molar-refractivity contribution in [3.8, 4) is 0 Å². The summed E-state index contributed by atoms with van der Waals surface area (Å²) in [4.78, 5) is 21.7. The summed E-state index contributed by atoms with van der Waals surface area (Å²) in [5, 5.41) is 0.0552. The lowest BCUT2D eigenvalue weighted by Gasteiger charge is -1.93. The second kappa shape index (κ2) is 4.03. The Morgan fingerprint density at radius 1 is 1.36 bits per heavy atom. The van der Waals surface area contributed by atoms with E-state index in [-0.39, 0.29) is 11.2 Å². The Morgan fingerprint density at radius 3 is 2.09 bits per heavy atom. The third-order valence-electron chi connectivity index (χ3n) is 1.32. The van der Waals surface area contributed by atoms with E-state index in [0.29, 0.717) is 21.4 Å². The summed E-state index contributed by atoms with van der Waals surface area (Å²) in [6.07, 6.45) is 1.34. The van der Waals surface area contributed by atoms with Gasteiger partial charge in [0.25, 0.3) is 0 Å². The summed E-state index contributed by atoms with van der Waals surface area (Å²) < 4.78 is 0. The van der Waals surface area contributed by atoms with E-state index in [4.69, 9.17) is 0 Å². The van der Waals surface area contributed by atoms with Crippen LogP contribution in [0, 0.1) is 0 Å². The van der Waals surface area contributed by atoms with Crippen LogP contribution in [0.2, 0.25) is 0 Å². The van der Waals surface area contributed by atoms with Gasteiger partial charge in [-0.3, -0.25) is 4.79 Å². The molecule has 3 heteroatoms. The van der Waals surface area contributed by atoms with Gasteiger partial charge in [-0.1, -0.05) is 6.58 Å². The van der Waals surface area contributed by atoms with Crippen LogP contribution in [-0.2, 0) is 9.59 Å². The molecule has 0 radical (unpaired) electrons. The molecule has 0 atom stereocenters. The molecule has 0 N–H and O–H groups in total. The van der Waals surface area contributed by atoms with Crippen molar-refractivity contribution in [2.45, 2.75) is 13.8 Å². The zero-order valence-electron chi connectivity index (χ0n) is 7.10. The SMILES string of the molecule is C=C(C)C(=O)C=C(C)C(=O)[SiH3]. The fraction of sp³-hybridized carbons (Fsp3) is 0.250. The number of hydrogen-bond donors (Lipinski definition) is 0. The summed E-state index contributed by atoms with van der Waals surface area (Å²) in [6.45, 7) is 6.75. The van der Waals surface area contributed by atoms with Crippen LogP contribution in [-0.4, -0.2) is 21.4 Å². The minimum Gasteiger partial charge on any atom is -0.302 e. The third-order valence-corrected chi connectivity index (χ3v) is 2.11. The van der Waals surface area contributed by atoms with Crippen LogP contribution >= 0.6 is 0 Å². The van der Waals surface area contributed by atoms with Gasteiger partial charge in [-0.25, -0.2) is 0 Å². The normalized spacial score (nSPS) is 11.3. The summed E-state index contributed by atoms with van der Waals surface area (Å²) in [7, 11) is 0.465. The molecule has 0 rings (SSSR count). The molecule has 0 spiro atoms. The smallest absolute Gasteiger partial charge is 0.181 e. The van der Waals surface area contributed by atoms with E-state index in [9.17, 15) is 9.59 Å². The van der Waals surface area contributed by atoms with E-state index in [1.54, 1.807) is 13.8 Å². The minimum atomic E-state index is -0.160. The molecule has 0 saturated carbocycles. The molecule has 0 heterocycles. The third kappa shape index (κ3) is 3.67. The first-order chi connectivity index (χ1) is 4.95. The lowest BCUT2D eigenvalue weighted by Crippen LogP contribution is -2.02. The summed E-state index contributed by atoms with van der Waals surface area (Å²) in [6, 6.07) is 0. The van der Waals surface area contributed by atoms with E-state index in [1.807, 2.05) is 0 Å². The molecule has 0 fully saturated rings. The predicted molar refractivity (Wildman–Crippen MR) is 48.5 cm³/mol. The Kier molecular flexibility index (Phi) is 3.68. The van der Waals surface area contributed by atoms with Crippen LogP contribution in [0.25, 0.3) is 0 Å². The number of allylic oxidation sites excluding steroid dienone is 3. The fourth-order valence-corrected chi connectivity index (χ4v) is 0.566. The molecule has 0 aliphatic rings. The Bertz CT molecular complexity index is 238. The summed E-state index contributed by atoms with van der Waals surface area (Å²) in [5.41, 5.74) is 0.997. The molecule has 11 heavy (non-hydrogen) atoms. The molecule has 0 bridgehead atoms. The minimum absolute atomic E-state index is 0.0552. The van der Waals surface area contributed by atoms with Gasteiger partial charge in [0.05, 0.1) is 10.2 Å². The lowest BCUT2D eigenvalue weighted by atomic mass is 10.1. The van der Waals surface area contributed by atoms with E-state index in [2.05, 4.69) is 6.58 Å². The largest absolute Gasteiger partial charge is 0.302 e. The first kappa shape index (κ1) is 10.0. The van der Waals surface area contributed by atoms with Crippen LogP contribution in [0.5, 0.6) is 0 Å². The van der Waals surface area contributed by atoms with Gasteiger partial charge in [-0.05, 0) is 31.1 Å². The molecule has 0 amide bonds. The number of carbonyl (C=O) groups is 2. The fourth-order valence-electron chi connectivity index (χ4n) is 0.421. The van der Waals surface area contributed by atoms with Crippen LogP contribution in [0.4, 0.5) is 0 Å². The summed E-state index contributed by atoms with van der Waals surface area (Å²) in [5.74, 6) is -0.160. The maximum Gasteiger partial charge on any atom is 0.181 e. The highest BCUT2D eigenvalue weighted by Crippen LogP contribution is 1.97. The first-order valence-electron chi connectivity index (χ1n) is 3.34. The van der Waals surface area contributed by atoms with Crippen molar-refractivity contribution in [1.29, 1.82) is 0 Å². The molecule has 0 aromatic rings. The van der Waals surface area contributed by atoms with Crippen molar-refractivity contribution >= 4 is 21.4 Å². The van der Waals surface area contributed by atoms with Crippen molar-refractivity contribution in [3.63, 3.8) is 0 Å². The lowest BCUT2D eigenvalue weighted by molar-refractivity contribution is -0.112. The monoisotopic (exact) mass is 168 g/mol. The second-order valence-electron chi connectivity index (χ2n) is 2.53. The van der Waals surface area contributed by atoms with Crippen LogP contribution in [0.15, 0.2) is 23.8 Å². The number of carbonyl (C=O) groups excluding carboxylic acids is 2. The second-order valence-corrected chi connectivity index (χ2v) is 3.44. The summed E-state index contributed by atoms with van der Waals surface area (Å²) >= 11 is 0. The molecule has 2 nitrogen and oxygen atoms in total. The Labute approximate surface area is 69.4 Å². The standard InChI is InChI=1S/C8H12O2Si/c1-5(2)7(9)4-6(3)8(10)11/h4H,1H2,2-3,11H3. The van der Waals surface area contributed by atoms with Gasteiger partial charge in [-0.2, -0.15) is 0 Å². The quantitative estimate of drug-likeness (QED) is 0.438. The first-order valence-corrected chi connectivity index (χ1v) is 4.34. The van der Waals surface area contributed by atoms with E-state index >= 15 is 0 Å². The Morgan fingerprint density at radius 2 is 1.82 bits per heavy atom. The molecule has 0 aliphatic carbocycles. The number of rotatable bonds is 3. The molecular formula is C8H12O2Si. The van der Waals surface area contributed by atoms with Gasteiger partial charge in [0.2, 0.25) is 0 Å². The molecule has 0 aliphatic heterocycles. The van der Waals surface area contributed by atoms with Gasteiger partial charge in [0.1, 0.15) is 5.41 Å². The molecule has 0 aromatic carbocycles. The van der Waals surface area contributed by atoms with Crippen molar-refractivity contribution in [2.24, 2.45) is 0 Å². The Balaban J connectivity index is 4.44. The Hall–Kier alpha value is -0.963. The molecule has 0 aromatic heterocycles. The van der Waals surface area contributed by atoms with Crippen molar-refractivity contribution in [3.05, 3.63) is 23.8 Å². The van der Waals surface area contributed by atoms with Gasteiger partial charge in [0, 0.05) is 0 Å². The molecule has 0 saturated heterocycles. The maximum atomic E-state index is 10.9. The average Bonchev–Trinajstić information content (AvgIpc) is 1.87. The van der Waals surface area contributed by atoms with Crippen molar-refractivity contribution in [1.82, 2.24) is 0 Å². The van der Waals surface area contributed by atoms with Crippen LogP contribution in [0.3, 0.4) is 0 Å². The average molecular weight is 168 g/mol. The van der Waals surface area contributed by atoms with Gasteiger partial charge >= 0.3 is 0 Å². The number of ketones is 1. The molecule has 0 unspecified atom stereocenters. The van der Waals surface area contributed by atoms with E-state index in [1.165, 1.54) is 6.08 Å². The molecular weight excluding hydrogens is 156 g/mol. The number of hydrogen-bond acceptors (Lipinski definition) is 2. The highest BCUT2D eigenvalue weighted by Gasteiger charge is 2.01. The topological polar surface area (TPSA) is 34.1 Å². The zero-order valence-corrected chi connectivity index (χ0v) is 9.10. The van der Waals surface area contributed by atoms with Crippen molar-refractivity contribution in [2.75, 3.05) is 0 Å². The zero-order chi connectivity index (χ0) is 9.02. The van der Waals surface area contributed by atoms with Crippen LogP contribution < -0.4 is 0 Å². The van der Waals surface area contributed by atoms with Gasteiger partial charge < -0.3 is 4.79 Å². The van der Waals surface area contributed by atoms with Crippen molar-refractivity contribution < 1.29 is 9.59 Å². The van der Waals surface area contributed by atoms with E-state index < -0.39 is 0 Å². The molecule has 60 valence electrons. The maximum absolute atomic E-state index is 10.9. The van der Waals surface area contributed by atoms with Crippen LogP contribution in [0.1, 0.15) is 13.8 Å². The van der Waals surface area contributed by atoms with Gasteiger partial charge in [-0.15, -0.1) is 0 Å².